The Morgan fingerprint density at radius 2 is 1.91 bits per heavy atom. The molecule has 1 aliphatic rings. The van der Waals surface area contributed by atoms with E-state index in [9.17, 15) is 9.18 Å². The second-order valence-corrected chi connectivity index (χ2v) is 6.82. The highest BCUT2D eigenvalue weighted by atomic mass is 35.5. The van der Waals surface area contributed by atoms with Gasteiger partial charge in [0.15, 0.2) is 0 Å². The average Bonchev–Trinajstić information content (AvgIpc) is 2.53. The highest BCUT2D eigenvalue weighted by molar-refractivity contribution is 5.87. The first-order chi connectivity index (χ1) is 10.5. The van der Waals surface area contributed by atoms with Crippen LogP contribution in [0, 0.1) is 11.7 Å². The zero-order valence-electron chi connectivity index (χ0n) is 14.0. The Balaban J connectivity index is 0.00000264. The van der Waals surface area contributed by atoms with Gasteiger partial charge in [0, 0.05) is 18.2 Å². The van der Waals surface area contributed by atoms with Crippen LogP contribution in [-0.2, 0) is 10.2 Å². The SMILES string of the molecule is CC(C)(C(=O)NC(CN)C1CCCCC1)c1ccccc1F.Cl. The Morgan fingerprint density at radius 3 is 2.48 bits per heavy atom. The summed E-state index contributed by atoms with van der Waals surface area (Å²) in [7, 11) is 0. The molecular formula is C18H28ClFN2O. The number of nitrogens with one attached hydrogen (secondary N) is 1. The summed E-state index contributed by atoms with van der Waals surface area (Å²) in [6.45, 7) is 3.95. The topological polar surface area (TPSA) is 55.1 Å². The lowest BCUT2D eigenvalue weighted by atomic mass is 9.81. The van der Waals surface area contributed by atoms with E-state index in [-0.39, 0.29) is 30.2 Å². The molecule has 1 amide bonds. The number of amides is 1. The van der Waals surface area contributed by atoms with Gasteiger partial charge in [-0.2, -0.15) is 0 Å². The van der Waals surface area contributed by atoms with Crippen molar-refractivity contribution in [1.29, 1.82) is 0 Å². The molecule has 0 aliphatic heterocycles. The fourth-order valence-corrected chi connectivity index (χ4v) is 3.34. The molecule has 1 fully saturated rings. The van der Waals surface area contributed by atoms with Crippen LogP contribution >= 0.6 is 12.4 Å². The van der Waals surface area contributed by atoms with Gasteiger partial charge < -0.3 is 11.1 Å². The fourth-order valence-electron chi connectivity index (χ4n) is 3.34. The van der Waals surface area contributed by atoms with E-state index in [4.69, 9.17) is 5.73 Å². The minimum atomic E-state index is -0.909. The molecule has 1 aliphatic carbocycles. The van der Waals surface area contributed by atoms with Crippen molar-refractivity contribution in [3.05, 3.63) is 35.6 Å². The Labute approximate surface area is 144 Å². The number of nitrogens with two attached hydrogens (primary N) is 1. The zero-order chi connectivity index (χ0) is 16.2. The van der Waals surface area contributed by atoms with Crippen molar-refractivity contribution in [3.63, 3.8) is 0 Å². The summed E-state index contributed by atoms with van der Waals surface area (Å²) < 4.78 is 14.0. The maximum Gasteiger partial charge on any atom is 0.230 e. The molecule has 1 saturated carbocycles. The molecule has 1 aromatic carbocycles. The molecule has 1 aromatic rings. The van der Waals surface area contributed by atoms with Gasteiger partial charge in [0.25, 0.3) is 0 Å². The molecule has 23 heavy (non-hydrogen) atoms. The summed E-state index contributed by atoms with van der Waals surface area (Å²) in [6, 6.07) is 6.45. The molecule has 130 valence electrons. The van der Waals surface area contributed by atoms with Gasteiger partial charge in [-0.25, -0.2) is 4.39 Å². The highest BCUT2D eigenvalue weighted by Crippen LogP contribution is 2.29. The second-order valence-electron chi connectivity index (χ2n) is 6.82. The molecular weight excluding hydrogens is 315 g/mol. The van der Waals surface area contributed by atoms with E-state index < -0.39 is 5.41 Å². The van der Waals surface area contributed by atoms with Crippen LogP contribution in [0.3, 0.4) is 0 Å². The molecule has 1 unspecified atom stereocenters. The quantitative estimate of drug-likeness (QED) is 0.859. The minimum Gasteiger partial charge on any atom is -0.351 e. The number of rotatable bonds is 5. The minimum absolute atomic E-state index is 0. The van der Waals surface area contributed by atoms with Gasteiger partial charge in [-0.3, -0.25) is 4.79 Å². The van der Waals surface area contributed by atoms with Crippen molar-refractivity contribution in [3.8, 4) is 0 Å². The van der Waals surface area contributed by atoms with Crippen LogP contribution in [0.1, 0.15) is 51.5 Å². The molecule has 0 heterocycles. The van der Waals surface area contributed by atoms with Crippen molar-refractivity contribution in [2.45, 2.75) is 57.4 Å². The van der Waals surface area contributed by atoms with E-state index in [1.54, 1.807) is 32.0 Å². The Bertz CT molecular complexity index is 515. The van der Waals surface area contributed by atoms with Crippen LogP contribution in [0.15, 0.2) is 24.3 Å². The van der Waals surface area contributed by atoms with Crippen molar-refractivity contribution in [1.82, 2.24) is 5.32 Å². The van der Waals surface area contributed by atoms with Crippen molar-refractivity contribution in [2.75, 3.05) is 6.54 Å². The number of hydrogen-bond donors (Lipinski definition) is 2. The lowest BCUT2D eigenvalue weighted by Gasteiger charge is -2.33. The van der Waals surface area contributed by atoms with Crippen LogP contribution in [-0.4, -0.2) is 18.5 Å². The van der Waals surface area contributed by atoms with Crippen LogP contribution < -0.4 is 11.1 Å². The fraction of sp³-hybridized carbons (Fsp3) is 0.611. The first-order valence-electron chi connectivity index (χ1n) is 8.23. The van der Waals surface area contributed by atoms with Crippen LogP contribution in [0.25, 0.3) is 0 Å². The van der Waals surface area contributed by atoms with Crippen LogP contribution in [0.4, 0.5) is 4.39 Å². The largest absolute Gasteiger partial charge is 0.351 e. The Morgan fingerprint density at radius 1 is 1.30 bits per heavy atom. The summed E-state index contributed by atoms with van der Waals surface area (Å²) in [4.78, 5) is 12.7. The number of carbonyl (C=O) groups is 1. The van der Waals surface area contributed by atoms with Crippen LogP contribution in [0.2, 0.25) is 0 Å². The van der Waals surface area contributed by atoms with Gasteiger partial charge >= 0.3 is 0 Å². The lowest BCUT2D eigenvalue weighted by Crippen LogP contribution is -2.51. The summed E-state index contributed by atoms with van der Waals surface area (Å²) >= 11 is 0. The molecule has 3 N–H and O–H groups in total. The average molecular weight is 343 g/mol. The van der Waals surface area contributed by atoms with E-state index in [2.05, 4.69) is 5.32 Å². The van der Waals surface area contributed by atoms with Crippen molar-refractivity contribution < 1.29 is 9.18 Å². The molecule has 2 rings (SSSR count). The molecule has 0 radical (unpaired) electrons. The third kappa shape index (κ3) is 4.67. The summed E-state index contributed by atoms with van der Waals surface area (Å²) in [6.07, 6.45) is 5.90. The number of carbonyl (C=O) groups excluding carboxylic acids is 1. The van der Waals surface area contributed by atoms with Crippen molar-refractivity contribution in [2.24, 2.45) is 11.7 Å². The predicted octanol–water partition coefficient (Wildman–Crippen LogP) is 3.55. The van der Waals surface area contributed by atoms with Crippen LogP contribution in [0.5, 0.6) is 0 Å². The predicted molar refractivity (Wildman–Crippen MR) is 94.2 cm³/mol. The third-order valence-electron chi connectivity index (χ3n) is 4.90. The first-order valence-corrected chi connectivity index (χ1v) is 8.23. The monoisotopic (exact) mass is 342 g/mol. The molecule has 0 saturated heterocycles. The van der Waals surface area contributed by atoms with E-state index in [1.807, 2.05) is 0 Å². The molecule has 0 spiro atoms. The summed E-state index contributed by atoms with van der Waals surface area (Å²) in [5, 5.41) is 3.07. The Hall–Kier alpha value is -1.13. The van der Waals surface area contributed by atoms with Gasteiger partial charge in [-0.1, -0.05) is 37.5 Å². The van der Waals surface area contributed by atoms with E-state index in [1.165, 1.54) is 25.3 Å². The smallest absolute Gasteiger partial charge is 0.230 e. The summed E-state index contributed by atoms with van der Waals surface area (Å²) in [5.41, 5.74) is 5.39. The molecule has 3 nitrogen and oxygen atoms in total. The van der Waals surface area contributed by atoms with Gasteiger partial charge in [0.1, 0.15) is 5.82 Å². The van der Waals surface area contributed by atoms with E-state index in [0.717, 1.165) is 12.8 Å². The number of halogens is 2. The first kappa shape index (κ1) is 19.9. The molecule has 1 atom stereocenters. The highest BCUT2D eigenvalue weighted by Gasteiger charge is 2.34. The van der Waals surface area contributed by atoms with Gasteiger partial charge in [-0.05, 0) is 38.7 Å². The van der Waals surface area contributed by atoms with Gasteiger partial charge in [0.05, 0.1) is 5.41 Å². The standard InChI is InChI=1S/C18H27FN2O.ClH/c1-18(2,14-10-6-7-11-15(14)19)17(22)21-16(12-20)13-8-4-3-5-9-13;/h6-7,10-11,13,16H,3-5,8-9,12,20H2,1-2H3,(H,21,22);1H. The third-order valence-corrected chi connectivity index (χ3v) is 4.90. The second kappa shape index (κ2) is 8.65. The van der Waals surface area contributed by atoms with Gasteiger partial charge in [0.2, 0.25) is 5.91 Å². The van der Waals surface area contributed by atoms with Gasteiger partial charge in [-0.15, -0.1) is 12.4 Å². The maximum atomic E-state index is 14.0. The maximum absolute atomic E-state index is 14.0. The normalized spacial score (nSPS) is 17.2. The molecule has 5 heteroatoms. The number of benzene rings is 1. The zero-order valence-corrected chi connectivity index (χ0v) is 14.8. The van der Waals surface area contributed by atoms with Crippen molar-refractivity contribution >= 4 is 18.3 Å². The Kier molecular flexibility index (Phi) is 7.49. The summed E-state index contributed by atoms with van der Waals surface area (Å²) in [5.74, 6) is -0.0534. The number of hydrogen-bond acceptors (Lipinski definition) is 2. The lowest BCUT2D eigenvalue weighted by molar-refractivity contribution is -0.126. The molecule has 0 aromatic heterocycles. The van der Waals surface area contributed by atoms with E-state index in [0.29, 0.717) is 18.0 Å². The molecule has 0 bridgehead atoms. The van der Waals surface area contributed by atoms with E-state index >= 15 is 0 Å².